The van der Waals surface area contributed by atoms with Gasteiger partial charge in [-0.25, -0.2) is 4.79 Å². The van der Waals surface area contributed by atoms with Crippen molar-refractivity contribution < 1.29 is 33.9 Å². The van der Waals surface area contributed by atoms with Gasteiger partial charge in [-0.3, -0.25) is 24.0 Å². The number of primary amides is 3. The van der Waals surface area contributed by atoms with Crippen LogP contribution in [0.15, 0.2) is 0 Å². The fraction of sp³-hybridized carbons (Fsp3) is 0.571. The molecule has 0 fully saturated rings. The molecule has 0 saturated heterocycles. The van der Waals surface area contributed by atoms with Gasteiger partial charge in [0.1, 0.15) is 12.1 Å². The third-order valence-corrected chi connectivity index (χ3v) is 3.36. The van der Waals surface area contributed by atoms with Gasteiger partial charge < -0.3 is 38.7 Å². The van der Waals surface area contributed by atoms with E-state index in [2.05, 4.69) is 10.6 Å². The second kappa shape index (κ2) is 11.4. The molecule has 0 heterocycles. The van der Waals surface area contributed by atoms with Gasteiger partial charge in [0.05, 0.1) is 12.5 Å². The average molecular weight is 388 g/mol. The van der Waals surface area contributed by atoms with Crippen molar-refractivity contribution in [1.29, 1.82) is 0 Å². The number of carbonyl (C=O) groups is 6. The lowest BCUT2D eigenvalue weighted by Crippen LogP contribution is -2.55. The molecular weight excluding hydrogens is 364 g/mol. The van der Waals surface area contributed by atoms with Crippen LogP contribution in [0.4, 0.5) is 0 Å². The largest absolute Gasteiger partial charge is 0.480 e. The van der Waals surface area contributed by atoms with E-state index in [1.165, 1.54) is 0 Å². The fourth-order valence-electron chi connectivity index (χ4n) is 1.96. The number of nitrogens with one attached hydrogen (secondary N) is 2. The molecule has 0 saturated carbocycles. The molecule has 0 unspecified atom stereocenters. The van der Waals surface area contributed by atoms with Gasteiger partial charge in [0, 0.05) is 12.8 Å². The van der Waals surface area contributed by atoms with Crippen molar-refractivity contribution in [2.75, 3.05) is 0 Å². The molecule has 0 radical (unpaired) electrons. The maximum Gasteiger partial charge on any atom is 0.326 e. The first kappa shape index (κ1) is 23.8. The summed E-state index contributed by atoms with van der Waals surface area (Å²) in [6.07, 6.45) is -1.57. The number of hydrogen-bond acceptors (Lipinski definition) is 7. The Morgan fingerprint density at radius 2 is 1.19 bits per heavy atom. The number of hydrogen-bond donors (Lipinski definition) is 7. The third-order valence-electron chi connectivity index (χ3n) is 3.36. The second-order valence-electron chi connectivity index (χ2n) is 5.75. The number of carboxylic acids is 1. The van der Waals surface area contributed by atoms with Crippen LogP contribution >= 0.6 is 0 Å². The Kier molecular flexibility index (Phi) is 10.0. The van der Waals surface area contributed by atoms with Crippen molar-refractivity contribution in [1.82, 2.24) is 10.6 Å². The van der Waals surface area contributed by atoms with Crippen molar-refractivity contribution in [2.45, 2.75) is 50.2 Å². The molecule has 3 atom stereocenters. The average Bonchev–Trinajstić information content (AvgIpc) is 2.53. The molecule has 152 valence electrons. The van der Waals surface area contributed by atoms with Gasteiger partial charge in [-0.05, 0) is 12.8 Å². The Labute approximate surface area is 154 Å². The molecule has 5 amide bonds. The third kappa shape index (κ3) is 10.4. The molecule has 0 aromatic rings. The standard InChI is InChI=1S/C14H24N6O7/c15-6(5-11(18)23)12(24)19-7(1-3-9(16)21)13(25)20-8(14(26)27)2-4-10(17)22/h6-8H,1-5,15H2,(H2,16,21)(H2,17,22)(H2,18,23)(H,19,24)(H,20,25)(H,26,27)/t6-,7-,8-/m0/s1. The van der Waals surface area contributed by atoms with E-state index in [0.717, 1.165) is 0 Å². The SMILES string of the molecule is NC(=O)CC[C@H](NC(=O)[C@H](CCC(N)=O)NC(=O)[C@@H](N)CC(N)=O)C(=O)O. The number of amides is 5. The highest BCUT2D eigenvalue weighted by Crippen LogP contribution is 2.03. The summed E-state index contributed by atoms with van der Waals surface area (Å²) in [5, 5.41) is 13.5. The number of carbonyl (C=O) groups excluding carboxylic acids is 5. The summed E-state index contributed by atoms with van der Waals surface area (Å²) in [6.45, 7) is 0. The van der Waals surface area contributed by atoms with Crippen LogP contribution in [0.25, 0.3) is 0 Å². The van der Waals surface area contributed by atoms with Crippen LogP contribution in [0.2, 0.25) is 0 Å². The summed E-state index contributed by atoms with van der Waals surface area (Å²) >= 11 is 0. The summed E-state index contributed by atoms with van der Waals surface area (Å²) in [6, 6.07) is -4.13. The Morgan fingerprint density at radius 3 is 1.59 bits per heavy atom. The molecule has 27 heavy (non-hydrogen) atoms. The molecule has 0 rings (SSSR count). The van der Waals surface area contributed by atoms with Gasteiger partial charge in [-0.1, -0.05) is 0 Å². The maximum atomic E-state index is 12.3. The van der Waals surface area contributed by atoms with Gasteiger partial charge in [-0.2, -0.15) is 0 Å². The molecule has 13 heteroatoms. The second-order valence-corrected chi connectivity index (χ2v) is 5.75. The lowest BCUT2D eigenvalue weighted by atomic mass is 10.1. The predicted octanol–water partition coefficient (Wildman–Crippen LogP) is -4.23. The Hall–Kier alpha value is -3.22. The van der Waals surface area contributed by atoms with Crippen LogP contribution in [0, 0.1) is 0 Å². The van der Waals surface area contributed by atoms with Crippen LogP contribution in [-0.4, -0.2) is 58.7 Å². The zero-order chi connectivity index (χ0) is 21.1. The summed E-state index contributed by atoms with van der Waals surface area (Å²) < 4.78 is 0. The first-order valence-electron chi connectivity index (χ1n) is 7.88. The minimum Gasteiger partial charge on any atom is -0.480 e. The zero-order valence-electron chi connectivity index (χ0n) is 14.5. The van der Waals surface area contributed by atoms with Crippen LogP contribution in [0.5, 0.6) is 0 Å². The van der Waals surface area contributed by atoms with E-state index in [0.29, 0.717) is 0 Å². The smallest absolute Gasteiger partial charge is 0.326 e. The van der Waals surface area contributed by atoms with Gasteiger partial charge in [0.25, 0.3) is 0 Å². The summed E-state index contributed by atoms with van der Waals surface area (Å²) in [4.78, 5) is 68.0. The fourth-order valence-corrected chi connectivity index (χ4v) is 1.96. The number of rotatable bonds is 13. The molecule has 11 N–H and O–H groups in total. The number of aliphatic carboxylic acids is 1. The Morgan fingerprint density at radius 1 is 0.741 bits per heavy atom. The first-order chi connectivity index (χ1) is 12.4. The van der Waals surface area contributed by atoms with Crippen molar-refractivity contribution in [3.63, 3.8) is 0 Å². The van der Waals surface area contributed by atoms with Crippen LogP contribution in [0.1, 0.15) is 32.1 Å². The molecular formula is C14H24N6O7. The van der Waals surface area contributed by atoms with Gasteiger partial charge in [0.2, 0.25) is 29.5 Å². The molecule has 0 aliphatic heterocycles. The topological polar surface area (TPSA) is 251 Å². The van der Waals surface area contributed by atoms with Crippen molar-refractivity contribution in [3.8, 4) is 0 Å². The Bertz CT molecular complexity index is 609. The van der Waals surface area contributed by atoms with Crippen molar-refractivity contribution >= 4 is 35.5 Å². The zero-order valence-corrected chi connectivity index (χ0v) is 14.5. The molecule has 0 spiro atoms. The summed E-state index contributed by atoms with van der Waals surface area (Å²) in [5.41, 5.74) is 20.4. The predicted molar refractivity (Wildman–Crippen MR) is 90.1 cm³/mol. The van der Waals surface area contributed by atoms with Gasteiger partial charge in [-0.15, -0.1) is 0 Å². The highest BCUT2D eigenvalue weighted by atomic mass is 16.4. The normalized spacial score (nSPS) is 13.7. The van der Waals surface area contributed by atoms with E-state index in [9.17, 15) is 28.8 Å². The minimum absolute atomic E-state index is 0.238. The molecule has 13 nitrogen and oxygen atoms in total. The molecule has 0 aromatic carbocycles. The van der Waals surface area contributed by atoms with Crippen molar-refractivity contribution in [2.24, 2.45) is 22.9 Å². The molecule has 0 aliphatic carbocycles. The first-order valence-corrected chi connectivity index (χ1v) is 7.88. The van der Waals surface area contributed by atoms with Gasteiger partial charge in [0.15, 0.2) is 0 Å². The van der Waals surface area contributed by atoms with Crippen LogP contribution in [-0.2, 0) is 28.8 Å². The summed E-state index contributed by atoms with van der Waals surface area (Å²) in [7, 11) is 0. The lowest BCUT2D eigenvalue weighted by molar-refractivity contribution is -0.142. The van der Waals surface area contributed by atoms with E-state index in [-0.39, 0.29) is 25.7 Å². The Balaban J connectivity index is 5.12. The number of carboxylic acid groups (broad SMARTS) is 1. The molecule has 0 aliphatic rings. The van der Waals surface area contributed by atoms with Crippen molar-refractivity contribution in [3.05, 3.63) is 0 Å². The van der Waals surface area contributed by atoms with Crippen LogP contribution < -0.4 is 33.6 Å². The molecule has 0 aromatic heterocycles. The monoisotopic (exact) mass is 388 g/mol. The van der Waals surface area contributed by atoms with E-state index in [4.69, 9.17) is 28.0 Å². The minimum atomic E-state index is -1.45. The van der Waals surface area contributed by atoms with Crippen LogP contribution in [0.3, 0.4) is 0 Å². The number of nitrogens with two attached hydrogens (primary N) is 4. The quantitative estimate of drug-likeness (QED) is 0.162. The highest BCUT2D eigenvalue weighted by molar-refractivity contribution is 5.93. The van der Waals surface area contributed by atoms with E-state index >= 15 is 0 Å². The van der Waals surface area contributed by atoms with Gasteiger partial charge >= 0.3 is 5.97 Å². The molecule has 0 bridgehead atoms. The summed E-state index contributed by atoms with van der Waals surface area (Å²) in [5.74, 6) is -5.61. The maximum absolute atomic E-state index is 12.3. The van der Waals surface area contributed by atoms with E-state index in [1.807, 2.05) is 0 Å². The van der Waals surface area contributed by atoms with E-state index < -0.39 is 60.1 Å². The van der Waals surface area contributed by atoms with E-state index in [1.54, 1.807) is 0 Å². The highest BCUT2D eigenvalue weighted by Gasteiger charge is 2.28. The lowest BCUT2D eigenvalue weighted by Gasteiger charge is -2.22.